The van der Waals surface area contributed by atoms with Gasteiger partial charge in [-0.15, -0.1) is 0 Å². The third kappa shape index (κ3) is 6.76. The summed E-state index contributed by atoms with van der Waals surface area (Å²) in [4.78, 5) is 31.1. The van der Waals surface area contributed by atoms with E-state index in [4.69, 9.17) is 4.74 Å². The van der Waals surface area contributed by atoms with Crippen LogP contribution in [0.5, 0.6) is 5.75 Å². The van der Waals surface area contributed by atoms with Crippen LogP contribution in [0.25, 0.3) is 11.1 Å². The lowest BCUT2D eigenvalue weighted by molar-refractivity contribution is -0.131. The van der Waals surface area contributed by atoms with Gasteiger partial charge in [0.2, 0.25) is 0 Å². The van der Waals surface area contributed by atoms with Gasteiger partial charge >= 0.3 is 0 Å². The van der Waals surface area contributed by atoms with Gasteiger partial charge in [0.25, 0.3) is 11.8 Å². The molecule has 38 heavy (non-hydrogen) atoms. The zero-order valence-corrected chi connectivity index (χ0v) is 21.8. The Morgan fingerprint density at radius 2 is 1.71 bits per heavy atom. The highest BCUT2D eigenvalue weighted by Crippen LogP contribution is 2.20. The number of pyridine rings is 1. The summed E-state index contributed by atoms with van der Waals surface area (Å²) in [5, 5.41) is 4.49. The average Bonchev–Trinajstić information content (AvgIpc) is 2.96. The Morgan fingerprint density at radius 1 is 0.947 bits per heavy atom. The molecule has 3 aromatic carbocycles. The van der Waals surface area contributed by atoms with Gasteiger partial charge in [-0.05, 0) is 73.0 Å². The average molecular weight is 509 g/mol. The number of aromatic nitrogens is 1. The van der Waals surface area contributed by atoms with Crippen molar-refractivity contribution in [1.82, 2.24) is 15.3 Å². The summed E-state index contributed by atoms with van der Waals surface area (Å²) < 4.78 is 5.22. The van der Waals surface area contributed by atoms with Gasteiger partial charge in [0.1, 0.15) is 11.8 Å². The third-order valence-electron chi connectivity index (χ3n) is 6.21. The van der Waals surface area contributed by atoms with Crippen LogP contribution in [0.3, 0.4) is 0 Å². The van der Waals surface area contributed by atoms with E-state index in [0.717, 1.165) is 33.7 Å². The molecule has 2 N–H and O–H groups in total. The number of nitrogens with zero attached hydrogens (tertiary/aromatic N) is 2. The molecule has 194 valence electrons. The second-order valence-corrected chi connectivity index (χ2v) is 8.96. The van der Waals surface area contributed by atoms with Gasteiger partial charge in [0.15, 0.2) is 0 Å². The third-order valence-corrected chi connectivity index (χ3v) is 6.21. The van der Waals surface area contributed by atoms with Crippen molar-refractivity contribution in [2.24, 2.45) is 0 Å². The van der Waals surface area contributed by atoms with Crippen LogP contribution >= 0.6 is 0 Å². The molecule has 2 amide bonds. The molecular weight excluding hydrogens is 476 g/mol. The monoisotopic (exact) mass is 508 g/mol. The van der Waals surface area contributed by atoms with Crippen LogP contribution in [0.4, 0.5) is 5.69 Å². The minimum atomic E-state index is -0.780. The smallest absolute Gasteiger partial charge is 0.263 e. The molecule has 0 saturated carbocycles. The normalized spacial score (nSPS) is 11.3. The van der Waals surface area contributed by atoms with Crippen molar-refractivity contribution >= 4 is 17.5 Å². The molecule has 0 saturated heterocycles. The minimum Gasteiger partial charge on any atom is -0.497 e. The standard InChI is InChI=1S/C31H32N4O3/c1-4-35(34-27-14-16-28(38-3)17-15-27)31(37)29(33-30(36)25-8-5-7-22(2)19-25)20-23-10-12-24(13-11-23)26-9-6-18-32-21-26/h5-19,21,29,34H,4,20H2,1-3H3,(H,33,36). The number of methoxy groups -OCH3 is 1. The first-order chi connectivity index (χ1) is 18.5. The van der Waals surface area contributed by atoms with Gasteiger partial charge < -0.3 is 10.1 Å². The number of hydrazine groups is 1. The zero-order valence-electron chi connectivity index (χ0n) is 21.8. The number of carbonyl (C=O) groups excluding carboxylic acids is 2. The molecule has 0 radical (unpaired) electrons. The van der Waals surface area contributed by atoms with Crippen LogP contribution in [-0.4, -0.2) is 41.5 Å². The predicted molar refractivity (Wildman–Crippen MR) is 150 cm³/mol. The number of aryl methyl sites for hydroxylation is 1. The molecule has 0 fully saturated rings. The number of benzene rings is 3. The predicted octanol–water partition coefficient (Wildman–Crippen LogP) is 5.28. The van der Waals surface area contributed by atoms with Crippen LogP contribution in [0.2, 0.25) is 0 Å². The topological polar surface area (TPSA) is 83.6 Å². The molecule has 0 spiro atoms. The van der Waals surface area contributed by atoms with E-state index in [9.17, 15) is 9.59 Å². The van der Waals surface area contributed by atoms with E-state index in [-0.39, 0.29) is 11.8 Å². The summed E-state index contributed by atoms with van der Waals surface area (Å²) in [6.45, 7) is 4.22. The Morgan fingerprint density at radius 3 is 2.34 bits per heavy atom. The van der Waals surface area contributed by atoms with Crippen LogP contribution in [-0.2, 0) is 11.2 Å². The van der Waals surface area contributed by atoms with Crippen LogP contribution in [0, 0.1) is 6.92 Å². The van der Waals surface area contributed by atoms with Crippen molar-refractivity contribution in [3.05, 3.63) is 114 Å². The summed E-state index contributed by atoms with van der Waals surface area (Å²) in [5.74, 6) is 0.197. The first kappa shape index (κ1) is 26.4. The summed E-state index contributed by atoms with van der Waals surface area (Å²) >= 11 is 0. The van der Waals surface area contributed by atoms with Crippen molar-refractivity contribution in [3.63, 3.8) is 0 Å². The van der Waals surface area contributed by atoms with Crippen LogP contribution < -0.4 is 15.5 Å². The van der Waals surface area contributed by atoms with Crippen molar-refractivity contribution in [2.45, 2.75) is 26.3 Å². The lowest BCUT2D eigenvalue weighted by Crippen LogP contribution is -2.51. The van der Waals surface area contributed by atoms with Crippen LogP contribution in [0.15, 0.2) is 97.3 Å². The first-order valence-electron chi connectivity index (χ1n) is 12.6. The summed E-state index contributed by atoms with van der Waals surface area (Å²) in [7, 11) is 1.61. The zero-order chi connectivity index (χ0) is 26.9. The molecular formula is C31H32N4O3. The van der Waals surface area contributed by atoms with Crippen molar-refractivity contribution in [3.8, 4) is 16.9 Å². The van der Waals surface area contributed by atoms with Crippen molar-refractivity contribution in [1.29, 1.82) is 0 Å². The Balaban J connectivity index is 1.56. The molecule has 1 heterocycles. The quantitative estimate of drug-likeness (QED) is 0.285. The Kier molecular flexibility index (Phi) is 8.72. The van der Waals surface area contributed by atoms with E-state index in [1.807, 2.05) is 98.9 Å². The van der Waals surface area contributed by atoms with E-state index in [0.29, 0.717) is 18.5 Å². The number of nitrogens with one attached hydrogen (secondary N) is 2. The summed E-state index contributed by atoms with van der Waals surface area (Å²) in [6.07, 6.45) is 3.89. The Labute approximate surface area is 223 Å². The molecule has 4 rings (SSSR count). The largest absolute Gasteiger partial charge is 0.497 e. The summed E-state index contributed by atoms with van der Waals surface area (Å²) in [6, 6.07) is 25.7. The molecule has 0 aliphatic rings. The fourth-order valence-electron chi connectivity index (χ4n) is 4.13. The first-order valence-corrected chi connectivity index (χ1v) is 12.6. The fourth-order valence-corrected chi connectivity index (χ4v) is 4.13. The van der Waals surface area contributed by atoms with Gasteiger partial charge in [-0.3, -0.25) is 25.0 Å². The highest BCUT2D eigenvalue weighted by atomic mass is 16.5. The number of hydrogen-bond donors (Lipinski definition) is 2. The number of rotatable bonds is 10. The lowest BCUT2D eigenvalue weighted by atomic mass is 10.0. The molecule has 0 aliphatic carbocycles. The van der Waals surface area contributed by atoms with E-state index in [1.165, 1.54) is 5.01 Å². The van der Waals surface area contributed by atoms with E-state index in [1.54, 1.807) is 19.4 Å². The number of hydrogen-bond acceptors (Lipinski definition) is 5. The van der Waals surface area contributed by atoms with Gasteiger partial charge in [0.05, 0.1) is 12.8 Å². The Bertz CT molecular complexity index is 1360. The maximum Gasteiger partial charge on any atom is 0.263 e. The minimum absolute atomic E-state index is 0.236. The summed E-state index contributed by atoms with van der Waals surface area (Å²) in [5.41, 5.74) is 8.38. The van der Waals surface area contributed by atoms with Crippen LogP contribution in [0.1, 0.15) is 28.4 Å². The Hall–Kier alpha value is -4.65. The highest BCUT2D eigenvalue weighted by molar-refractivity contribution is 5.98. The second kappa shape index (κ2) is 12.5. The maximum absolute atomic E-state index is 13.7. The number of ether oxygens (including phenoxy) is 1. The van der Waals surface area contributed by atoms with Gasteiger partial charge in [-0.1, -0.05) is 48.0 Å². The van der Waals surface area contributed by atoms with E-state index >= 15 is 0 Å². The van der Waals surface area contributed by atoms with E-state index in [2.05, 4.69) is 15.7 Å². The molecule has 1 unspecified atom stereocenters. The van der Waals surface area contributed by atoms with Gasteiger partial charge in [-0.2, -0.15) is 0 Å². The number of likely N-dealkylation sites (N-methyl/N-ethyl adjacent to an activating group) is 1. The van der Waals surface area contributed by atoms with Gasteiger partial charge in [0, 0.05) is 30.9 Å². The number of anilines is 1. The second-order valence-electron chi connectivity index (χ2n) is 8.96. The fraction of sp³-hybridized carbons (Fsp3) is 0.194. The van der Waals surface area contributed by atoms with Gasteiger partial charge in [-0.25, -0.2) is 0 Å². The molecule has 0 bridgehead atoms. The molecule has 1 atom stereocenters. The SMILES string of the molecule is CCN(Nc1ccc(OC)cc1)C(=O)C(Cc1ccc(-c2cccnc2)cc1)NC(=O)c1cccc(C)c1. The highest BCUT2D eigenvalue weighted by Gasteiger charge is 2.26. The maximum atomic E-state index is 13.7. The lowest BCUT2D eigenvalue weighted by Gasteiger charge is -2.28. The van der Waals surface area contributed by atoms with Crippen molar-refractivity contribution < 1.29 is 14.3 Å². The number of amides is 2. The molecule has 0 aliphatic heterocycles. The molecule has 7 nitrogen and oxygen atoms in total. The molecule has 4 aromatic rings. The van der Waals surface area contributed by atoms with Crippen molar-refractivity contribution in [2.75, 3.05) is 19.1 Å². The van der Waals surface area contributed by atoms with E-state index < -0.39 is 6.04 Å². The molecule has 1 aromatic heterocycles. The number of carbonyl (C=O) groups is 2. The molecule has 7 heteroatoms.